The summed E-state index contributed by atoms with van der Waals surface area (Å²) in [5.74, 6) is 0. The fourth-order valence-corrected chi connectivity index (χ4v) is 0.998. The van der Waals surface area contributed by atoms with E-state index in [0.717, 1.165) is 5.69 Å². The Kier molecular flexibility index (Phi) is 2.42. The summed E-state index contributed by atoms with van der Waals surface area (Å²) in [5, 5.41) is 0. The molecule has 0 N–H and O–H groups in total. The molecule has 0 saturated carbocycles. The van der Waals surface area contributed by atoms with Gasteiger partial charge >= 0.3 is 0 Å². The second-order valence-electron chi connectivity index (χ2n) is 2.68. The molecule has 0 spiro atoms. The molecule has 0 heterocycles. The van der Waals surface area contributed by atoms with Crippen LogP contribution >= 0.6 is 0 Å². The summed E-state index contributed by atoms with van der Waals surface area (Å²) in [6.07, 6.45) is 1.82. The van der Waals surface area contributed by atoms with Crippen molar-refractivity contribution in [3.05, 3.63) is 29.3 Å². The molecule has 1 heteroatoms. The van der Waals surface area contributed by atoms with Gasteiger partial charge in [-0.2, -0.15) is 0 Å². The first-order valence-corrected chi connectivity index (χ1v) is 3.80. The standard InChI is InChI=1S/C10H13N/c1-4-11-10-7-8(2)5-6-9(10)3/h4-7H,1-3H3/b11-4-. The molecule has 0 aromatic heterocycles. The second-order valence-corrected chi connectivity index (χ2v) is 2.68. The minimum Gasteiger partial charge on any atom is -0.261 e. The molecule has 1 rings (SSSR count). The van der Waals surface area contributed by atoms with Gasteiger partial charge in [-0.25, -0.2) is 0 Å². The molecule has 0 amide bonds. The maximum absolute atomic E-state index is 4.24. The van der Waals surface area contributed by atoms with Crippen molar-refractivity contribution in [2.75, 3.05) is 0 Å². The van der Waals surface area contributed by atoms with E-state index in [1.807, 2.05) is 13.1 Å². The van der Waals surface area contributed by atoms with Gasteiger partial charge in [-0.3, -0.25) is 4.99 Å². The van der Waals surface area contributed by atoms with Crippen molar-refractivity contribution >= 4 is 11.9 Å². The molecule has 1 nitrogen and oxygen atoms in total. The highest BCUT2D eigenvalue weighted by Gasteiger charge is 1.93. The number of nitrogens with zero attached hydrogens (tertiary/aromatic N) is 1. The fraction of sp³-hybridized carbons (Fsp3) is 0.300. The van der Waals surface area contributed by atoms with Gasteiger partial charge in [0.2, 0.25) is 0 Å². The Hall–Kier alpha value is -1.11. The quantitative estimate of drug-likeness (QED) is 0.541. The minimum atomic E-state index is 1.08. The zero-order valence-electron chi connectivity index (χ0n) is 7.26. The predicted octanol–water partition coefficient (Wildman–Crippen LogP) is 3.03. The van der Waals surface area contributed by atoms with Crippen LogP contribution in [0.25, 0.3) is 0 Å². The lowest BCUT2D eigenvalue weighted by atomic mass is 10.1. The van der Waals surface area contributed by atoms with Gasteiger partial charge in [0.1, 0.15) is 0 Å². The van der Waals surface area contributed by atoms with Gasteiger partial charge in [-0.15, -0.1) is 0 Å². The third-order valence-corrected chi connectivity index (χ3v) is 1.63. The first kappa shape index (κ1) is 7.99. The van der Waals surface area contributed by atoms with Crippen molar-refractivity contribution < 1.29 is 0 Å². The Labute approximate surface area is 67.8 Å². The lowest BCUT2D eigenvalue weighted by molar-refractivity contribution is 1.35. The highest BCUT2D eigenvalue weighted by Crippen LogP contribution is 2.18. The van der Waals surface area contributed by atoms with Gasteiger partial charge in [0.05, 0.1) is 5.69 Å². The van der Waals surface area contributed by atoms with Gasteiger partial charge in [0.25, 0.3) is 0 Å². The van der Waals surface area contributed by atoms with Gasteiger partial charge in [-0.1, -0.05) is 12.1 Å². The van der Waals surface area contributed by atoms with E-state index in [2.05, 4.69) is 37.0 Å². The van der Waals surface area contributed by atoms with Gasteiger partial charge < -0.3 is 0 Å². The van der Waals surface area contributed by atoms with E-state index in [1.165, 1.54) is 11.1 Å². The number of rotatable bonds is 1. The number of aryl methyl sites for hydroxylation is 2. The summed E-state index contributed by atoms with van der Waals surface area (Å²) in [5.41, 5.74) is 3.57. The molecular weight excluding hydrogens is 134 g/mol. The van der Waals surface area contributed by atoms with Crippen LogP contribution in [0.4, 0.5) is 5.69 Å². The van der Waals surface area contributed by atoms with Crippen LogP contribution in [0.2, 0.25) is 0 Å². The highest BCUT2D eigenvalue weighted by atomic mass is 14.7. The van der Waals surface area contributed by atoms with Crippen LogP contribution in [0.5, 0.6) is 0 Å². The Morgan fingerprint density at radius 2 is 2.00 bits per heavy atom. The van der Waals surface area contributed by atoms with Crippen LogP contribution in [-0.2, 0) is 0 Å². The molecule has 0 unspecified atom stereocenters. The molecular formula is C10H13N. The Morgan fingerprint density at radius 1 is 1.27 bits per heavy atom. The highest BCUT2D eigenvalue weighted by molar-refractivity contribution is 5.62. The van der Waals surface area contributed by atoms with E-state index in [0.29, 0.717) is 0 Å². The van der Waals surface area contributed by atoms with E-state index in [-0.39, 0.29) is 0 Å². The van der Waals surface area contributed by atoms with Crippen LogP contribution in [0, 0.1) is 13.8 Å². The van der Waals surface area contributed by atoms with Crippen molar-refractivity contribution in [1.29, 1.82) is 0 Å². The monoisotopic (exact) mass is 147 g/mol. The molecule has 0 radical (unpaired) electrons. The summed E-state index contributed by atoms with van der Waals surface area (Å²) in [6, 6.07) is 6.29. The van der Waals surface area contributed by atoms with Crippen molar-refractivity contribution in [3.8, 4) is 0 Å². The summed E-state index contributed by atoms with van der Waals surface area (Å²) >= 11 is 0. The average molecular weight is 147 g/mol. The fourth-order valence-electron chi connectivity index (χ4n) is 0.998. The topological polar surface area (TPSA) is 12.4 Å². The maximum atomic E-state index is 4.24. The van der Waals surface area contributed by atoms with Crippen molar-refractivity contribution in [2.45, 2.75) is 20.8 Å². The van der Waals surface area contributed by atoms with E-state index in [1.54, 1.807) is 0 Å². The van der Waals surface area contributed by atoms with E-state index in [9.17, 15) is 0 Å². The Bertz CT molecular complexity index is 274. The van der Waals surface area contributed by atoms with E-state index >= 15 is 0 Å². The largest absolute Gasteiger partial charge is 0.261 e. The molecule has 0 aliphatic heterocycles. The van der Waals surface area contributed by atoms with Crippen molar-refractivity contribution in [1.82, 2.24) is 0 Å². The third-order valence-electron chi connectivity index (χ3n) is 1.63. The van der Waals surface area contributed by atoms with Crippen molar-refractivity contribution in [3.63, 3.8) is 0 Å². The zero-order chi connectivity index (χ0) is 8.27. The molecule has 0 fully saturated rings. The van der Waals surface area contributed by atoms with Gasteiger partial charge in [0, 0.05) is 6.21 Å². The molecule has 11 heavy (non-hydrogen) atoms. The predicted molar refractivity (Wildman–Crippen MR) is 49.7 cm³/mol. The molecule has 58 valence electrons. The molecule has 0 saturated heterocycles. The average Bonchev–Trinajstić information content (AvgIpc) is 1.98. The normalized spacial score (nSPS) is 10.8. The lowest BCUT2D eigenvalue weighted by Gasteiger charge is -1.99. The number of benzene rings is 1. The molecule has 1 aromatic rings. The zero-order valence-corrected chi connectivity index (χ0v) is 7.26. The number of aliphatic imine (C=N–C) groups is 1. The van der Waals surface area contributed by atoms with Crippen LogP contribution in [0.1, 0.15) is 18.1 Å². The van der Waals surface area contributed by atoms with Gasteiger partial charge in [0.15, 0.2) is 0 Å². The number of hydrogen-bond donors (Lipinski definition) is 0. The smallest absolute Gasteiger partial charge is 0.0657 e. The van der Waals surface area contributed by atoms with Crippen LogP contribution in [-0.4, -0.2) is 6.21 Å². The SMILES string of the molecule is C/C=N\c1cc(C)ccc1C. The minimum absolute atomic E-state index is 1.08. The third kappa shape index (κ3) is 1.90. The maximum Gasteiger partial charge on any atom is 0.0657 e. The summed E-state index contributed by atoms with van der Waals surface area (Å²) in [4.78, 5) is 4.24. The first-order valence-electron chi connectivity index (χ1n) is 3.80. The summed E-state index contributed by atoms with van der Waals surface area (Å²) in [6.45, 7) is 6.08. The summed E-state index contributed by atoms with van der Waals surface area (Å²) < 4.78 is 0. The Morgan fingerprint density at radius 3 is 2.64 bits per heavy atom. The second kappa shape index (κ2) is 3.33. The van der Waals surface area contributed by atoms with Crippen molar-refractivity contribution in [2.24, 2.45) is 4.99 Å². The van der Waals surface area contributed by atoms with Gasteiger partial charge in [-0.05, 0) is 38.0 Å². The lowest BCUT2D eigenvalue weighted by Crippen LogP contribution is -1.76. The molecule has 1 aromatic carbocycles. The molecule has 0 aliphatic rings. The molecule has 0 bridgehead atoms. The first-order chi connectivity index (χ1) is 5.24. The van der Waals surface area contributed by atoms with Crippen LogP contribution in [0.15, 0.2) is 23.2 Å². The molecule has 0 atom stereocenters. The van der Waals surface area contributed by atoms with E-state index in [4.69, 9.17) is 0 Å². The summed E-state index contributed by atoms with van der Waals surface area (Å²) in [7, 11) is 0. The Balaban J connectivity index is 3.12. The van der Waals surface area contributed by atoms with Crippen LogP contribution < -0.4 is 0 Å². The van der Waals surface area contributed by atoms with Crippen LogP contribution in [0.3, 0.4) is 0 Å². The van der Waals surface area contributed by atoms with E-state index < -0.39 is 0 Å². The number of hydrogen-bond acceptors (Lipinski definition) is 1. The molecule has 0 aliphatic carbocycles.